The summed E-state index contributed by atoms with van der Waals surface area (Å²) in [4.78, 5) is 16.7. The first-order valence-electron chi connectivity index (χ1n) is 17.8. The third-order valence-corrected chi connectivity index (χ3v) is 11.2. The van der Waals surface area contributed by atoms with Crippen LogP contribution in [0.3, 0.4) is 0 Å². The second kappa shape index (κ2) is 13.1. The molecule has 7 aromatic carbocycles. The van der Waals surface area contributed by atoms with Gasteiger partial charge in [0.2, 0.25) is 0 Å². The van der Waals surface area contributed by atoms with Crippen LogP contribution < -0.4 is 0 Å². The highest BCUT2D eigenvalue weighted by molar-refractivity contribution is 7.24. The molecule has 0 spiro atoms. The van der Waals surface area contributed by atoms with Gasteiger partial charge in [-0.1, -0.05) is 176 Å². The van der Waals surface area contributed by atoms with Gasteiger partial charge in [-0.2, -0.15) is 0 Å². The fraction of sp³-hybridized carbons (Fsp3) is 0. The molecule has 0 saturated carbocycles. The number of nitrogens with zero attached hydrogens (tertiary/aromatic N) is 3. The van der Waals surface area contributed by atoms with E-state index in [1.54, 1.807) is 0 Å². The molecule has 0 radical (unpaired) electrons. The summed E-state index contributed by atoms with van der Waals surface area (Å²) in [6.07, 6.45) is 0. The van der Waals surface area contributed by atoms with Gasteiger partial charge in [-0.25, -0.2) is 15.0 Å². The molecule has 3 aromatic heterocycles. The minimum Gasteiger partial charge on any atom is -0.247 e. The maximum atomic E-state index is 5.36. The summed E-state index contributed by atoms with van der Waals surface area (Å²) in [7, 11) is 0. The van der Waals surface area contributed by atoms with Crippen molar-refractivity contribution in [1.82, 2.24) is 15.0 Å². The normalized spacial score (nSPS) is 11.4. The fourth-order valence-corrected chi connectivity index (χ4v) is 8.71. The largest absolute Gasteiger partial charge is 0.247 e. The molecule has 0 N–H and O–H groups in total. The molecule has 0 unspecified atom stereocenters. The smallest absolute Gasteiger partial charge is 0.160 e. The van der Waals surface area contributed by atoms with Crippen LogP contribution in [0.4, 0.5) is 0 Å². The molecule has 3 nitrogen and oxygen atoms in total. The Morgan fingerprint density at radius 3 is 1.66 bits per heavy atom. The Bertz CT molecular complexity index is 2850. The van der Waals surface area contributed by atoms with Crippen molar-refractivity contribution in [3.8, 4) is 66.7 Å². The number of benzene rings is 7. The van der Waals surface area contributed by atoms with E-state index in [2.05, 4.69) is 164 Å². The van der Waals surface area contributed by atoms with Crippen LogP contribution in [0.2, 0.25) is 0 Å². The molecule has 0 saturated heterocycles. The SMILES string of the molecule is c1ccc(-c2cc(-c3ccc(-c4sc5c(c(-c6ccccc6)nc6ccccc65)c4-c4cccc5ccccc45)cc3)nc(-c3ccccc3)n2)cc1. The molecule has 0 aliphatic heterocycles. The molecule has 248 valence electrons. The molecule has 10 rings (SSSR count). The molecule has 53 heavy (non-hydrogen) atoms. The predicted molar refractivity (Wildman–Crippen MR) is 223 cm³/mol. The lowest BCUT2D eigenvalue weighted by Gasteiger charge is -2.13. The molecule has 0 fully saturated rings. The van der Waals surface area contributed by atoms with Crippen molar-refractivity contribution in [3.05, 3.63) is 188 Å². The van der Waals surface area contributed by atoms with Gasteiger partial charge in [0.05, 0.1) is 22.6 Å². The first kappa shape index (κ1) is 31.0. The van der Waals surface area contributed by atoms with Gasteiger partial charge in [-0.15, -0.1) is 11.3 Å². The summed E-state index contributed by atoms with van der Waals surface area (Å²) in [5.74, 6) is 0.710. The van der Waals surface area contributed by atoms with Gasteiger partial charge in [-0.3, -0.25) is 0 Å². The Morgan fingerprint density at radius 2 is 0.943 bits per heavy atom. The molecule has 4 heteroatoms. The minimum absolute atomic E-state index is 0.710. The number of para-hydroxylation sites is 1. The molecular weight excluding hydrogens is 663 g/mol. The van der Waals surface area contributed by atoms with E-state index in [-0.39, 0.29) is 0 Å². The first-order valence-corrected chi connectivity index (χ1v) is 18.6. The Labute approximate surface area is 311 Å². The highest BCUT2D eigenvalue weighted by Crippen LogP contribution is 2.51. The van der Waals surface area contributed by atoms with Gasteiger partial charge in [-0.05, 0) is 34.0 Å². The second-order valence-electron chi connectivity index (χ2n) is 13.2. The van der Waals surface area contributed by atoms with E-state index in [9.17, 15) is 0 Å². The van der Waals surface area contributed by atoms with Crippen LogP contribution >= 0.6 is 11.3 Å². The van der Waals surface area contributed by atoms with E-state index in [1.165, 1.54) is 42.2 Å². The van der Waals surface area contributed by atoms with Crippen molar-refractivity contribution in [2.24, 2.45) is 0 Å². The summed E-state index contributed by atoms with van der Waals surface area (Å²) in [6, 6.07) is 66.0. The minimum atomic E-state index is 0.710. The topological polar surface area (TPSA) is 38.7 Å². The van der Waals surface area contributed by atoms with Gasteiger partial charge < -0.3 is 0 Å². The molecule has 0 aliphatic rings. The number of aromatic nitrogens is 3. The van der Waals surface area contributed by atoms with E-state index in [0.717, 1.165) is 50.4 Å². The average Bonchev–Trinajstić information content (AvgIpc) is 3.65. The third kappa shape index (κ3) is 5.57. The predicted octanol–water partition coefficient (Wildman–Crippen LogP) is 13.4. The van der Waals surface area contributed by atoms with Crippen molar-refractivity contribution in [3.63, 3.8) is 0 Å². The van der Waals surface area contributed by atoms with E-state index in [4.69, 9.17) is 15.0 Å². The zero-order valence-corrected chi connectivity index (χ0v) is 29.5. The van der Waals surface area contributed by atoms with Crippen LogP contribution in [-0.2, 0) is 0 Å². The Hall–Kier alpha value is -6.75. The lowest BCUT2D eigenvalue weighted by molar-refractivity contribution is 1.18. The van der Waals surface area contributed by atoms with E-state index < -0.39 is 0 Å². The summed E-state index contributed by atoms with van der Waals surface area (Å²) < 4.78 is 1.24. The first-order chi connectivity index (χ1) is 26.3. The number of thiophene rings is 1. The average molecular weight is 694 g/mol. The molecule has 0 atom stereocenters. The van der Waals surface area contributed by atoms with Crippen LogP contribution in [0, 0.1) is 0 Å². The van der Waals surface area contributed by atoms with Crippen molar-refractivity contribution in [1.29, 1.82) is 0 Å². The zero-order chi connectivity index (χ0) is 35.1. The summed E-state index contributed by atoms with van der Waals surface area (Å²) in [5.41, 5.74) is 11.6. The Morgan fingerprint density at radius 1 is 0.396 bits per heavy atom. The van der Waals surface area contributed by atoms with Crippen molar-refractivity contribution < 1.29 is 0 Å². The Kier molecular flexibility index (Phi) is 7.67. The van der Waals surface area contributed by atoms with Gasteiger partial charge in [0.1, 0.15) is 0 Å². The standard InChI is InChI=1S/C49H31N3S/c1-4-16-33(17-5-1)42-31-43(52-49(51-42)37-20-8-3-9-21-37)34-27-29-36(30-28-34)47-44(39-25-14-22-32-15-10-11-23-38(32)39)45-46(35-18-6-2-7-19-35)50-41-26-13-12-24-40(41)48(45)53-47/h1-31H. The van der Waals surface area contributed by atoms with Gasteiger partial charge in [0.25, 0.3) is 0 Å². The van der Waals surface area contributed by atoms with Gasteiger partial charge >= 0.3 is 0 Å². The lowest BCUT2D eigenvalue weighted by Crippen LogP contribution is -1.95. The maximum absolute atomic E-state index is 5.36. The molecule has 3 heterocycles. The molecule has 0 amide bonds. The number of hydrogen-bond acceptors (Lipinski definition) is 4. The second-order valence-corrected chi connectivity index (χ2v) is 14.2. The maximum Gasteiger partial charge on any atom is 0.160 e. The summed E-state index contributed by atoms with van der Waals surface area (Å²) >= 11 is 1.85. The third-order valence-electron chi connectivity index (χ3n) is 9.90. The van der Waals surface area contributed by atoms with Crippen molar-refractivity contribution in [2.75, 3.05) is 0 Å². The molecular formula is C49H31N3S. The summed E-state index contributed by atoms with van der Waals surface area (Å²) in [5, 5.41) is 4.79. The van der Waals surface area contributed by atoms with E-state index >= 15 is 0 Å². The van der Waals surface area contributed by atoms with Gasteiger partial charge in [0, 0.05) is 48.2 Å². The van der Waals surface area contributed by atoms with E-state index in [1.807, 2.05) is 35.6 Å². The lowest BCUT2D eigenvalue weighted by atomic mass is 9.91. The number of fused-ring (bicyclic) bond motifs is 4. The number of pyridine rings is 1. The fourth-order valence-electron chi connectivity index (χ4n) is 7.36. The summed E-state index contributed by atoms with van der Waals surface area (Å²) in [6.45, 7) is 0. The molecule has 10 aromatic rings. The highest BCUT2D eigenvalue weighted by Gasteiger charge is 2.24. The van der Waals surface area contributed by atoms with Crippen LogP contribution in [0.5, 0.6) is 0 Å². The van der Waals surface area contributed by atoms with Crippen molar-refractivity contribution in [2.45, 2.75) is 0 Å². The quantitative estimate of drug-likeness (QED) is 0.174. The number of hydrogen-bond donors (Lipinski definition) is 0. The highest BCUT2D eigenvalue weighted by atomic mass is 32.1. The zero-order valence-electron chi connectivity index (χ0n) is 28.6. The molecule has 0 aliphatic carbocycles. The molecule has 0 bridgehead atoms. The van der Waals surface area contributed by atoms with Crippen LogP contribution in [-0.4, -0.2) is 15.0 Å². The number of rotatable bonds is 6. The van der Waals surface area contributed by atoms with Gasteiger partial charge in [0.15, 0.2) is 5.82 Å². The monoisotopic (exact) mass is 693 g/mol. The van der Waals surface area contributed by atoms with Crippen LogP contribution in [0.1, 0.15) is 0 Å². The van der Waals surface area contributed by atoms with Crippen molar-refractivity contribution >= 4 is 43.1 Å². The Balaban J connectivity index is 1.21. The van der Waals surface area contributed by atoms with E-state index in [0.29, 0.717) is 5.82 Å². The van der Waals surface area contributed by atoms with Crippen LogP contribution in [0.25, 0.3) is 98.5 Å². The van der Waals surface area contributed by atoms with Crippen LogP contribution in [0.15, 0.2) is 188 Å².